The van der Waals surface area contributed by atoms with Gasteiger partial charge in [0.25, 0.3) is 5.56 Å². The van der Waals surface area contributed by atoms with Crippen LogP contribution in [0.2, 0.25) is 0 Å². The number of nitrogens with zero attached hydrogens (tertiary/aromatic N) is 4. The maximum absolute atomic E-state index is 12.5. The third kappa shape index (κ3) is 4.78. The summed E-state index contributed by atoms with van der Waals surface area (Å²) in [5.74, 6) is 0.833. The molecular formula is C26H31N5O2. The van der Waals surface area contributed by atoms with Crippen molar-refractivity contribution in [1.29, 1.82) is 0 Å². The van der Waals surface area contributed by atoms with E-state index >= 15 is 0 Å². The SMILES string of the molecule is C=C(C)c1cc(-c2ccc(C)cc2)nn1/C(=C\C(=C)n1[nH]c(CC)cc1=O)N1CCOCC1. The van der Waals surface area contributed by atoms with Gasteiger partial charge in [0.15, 0.2) is 0 Å². The molecule has 0 atom stereocenters. The van der Waals surface area contributed by atoms with Crippen LogP contribution in [0.4, 0.5) is 0 Å². The van der Waals surface area contributed by atoms with E-state index in [0.29, 0.717) is 32.0 Å². The molecule has 2 aromatic heterocycles. The van der Waals surface area contributed by atoms with Crippen LogP contribution in [0.25, 0.3) is 28.3 Å². The van der Waals surface area contributed by atoms with E-state index in [-0.39, 0.29) is 5.56 Å². The van der Waals surface area contributed by atoms with Gasteiger partial charge in [0.2, 0.25) is 0 Å². The largest absolute Gasteiger partial charge is 0.378 e. The topological polar surface area (TPSA) is 68.1 Å². The predicted octanol–water partition coefficient (Wildman–Crippen LogP) is 4.25. The number of H-pyrrole nitrogens is 1. The summed E-state index contributed by atoms with van der Waals surface area (Å²) in [5, 5.41) is 8.10. The van der Waals surface area contributed by atoms with E-state index in [4.69, 9.17) is 9.84 Å². The van der Waals surface area contributed by atoms with Gasteiger partial charge in [-0.1, -0.05) is 49.9 Å². The summed E-state index contributed by atoms with van der Waals surface area (Å²) in [6.07, 6.45) is 2.65. The summed E-state index contributed by atoms with van der Waals surface area (Å²) in [4.78, 5) is 14.7. The lowest BCUT2D eigenvalue weighted by Crippen LogP contribution is -2.37. The summed E-state index contributed by atoms with van der Waals surface area (Å²) in [6, 6.07) is 12.0. The van der Waals surface area contributed by atoms with Gasteiger partial charge in [-0.2, -0.15) is 5.10 Å². The van der Waals surface area contributed by atoms with Crippen molar-refractivity contribution >= 4 is 17.1 Å². The van der Waals surface area contributed by atoms with Crippen molar-refractivity contribution in [3.63, 3.8) is 0 Å². The first-order valence-electron chi connectivity index (χ1n) is 11.3. The lowest BCUT2D eigenvalue weighted by Gasteiger charge is -2.31. The Kier molecular flexibility index (Phi) is 6.51. The highest BCUT2D eigenvalue weighted by Gasteiger charge is 2.21. The van der Waals surface area contributed by atoms with E-state index in [0.717, 1.165) is 40.5 Å². The fourth-order valence-electron chi connectivity index (χ4n) is 3.86. The van der Waals surface area contributed by atoms with Gasteiger partial charge in [-0.05, 0) is 31.9 Å². The molecule has 7 heteroatoms. The average molecular weight is 446 g/mol. The highest BCUT2D eigenvalue weighted by Crippen LogP contribution is 2.27. The molecule has 172 valence electrons. The van der Waals surface area contributed by atoms with Crippen molar-refractivity contribution in [3.05, 3.63) is 82.9 Å². The summed E-state index contributed by atoms with van der Waals surface area (Å²) >= 11 is 0. The minimum Gasteiger partial charge on any atom is -0.378 e. The fraction of sp³-hybridized carbons (Fsp3) is 0.308. The van der Waals surface area contributed by atoms with Crippen LogP contribution >= 0.6 is 0 Å². The lowest BCUT2D eigenvalue weighted by atomic mass is 10.1. The lowest BCUT2D eigenvalue weighted by molar-refractivity contribution is 0.0612. The van der Waals surface area contributed by atoms with E-state index < -0.39 is 0 Å². The highest BCUT2D eigenvalue weighted by molar-refractivity contribution is 5.72. The first kappa shape index (κ1) is 22.6. The second-order valence-electron chi connectivity index (χ2n) is 8.37. The number of ether oxygens (including phenoxy) is 1. The molecule has 4 rings (SSSR count). The van der Waals surface area contributed by atoms with Gasteiger partial charge in [0, 0.05) is 36.5 Å². The molecule has 0 bridgehead atoms. The Morgan fingerprint density at radius 1 is 1.18 bits per heavy atom. The summed E-state index contributed by atoms with van der Waals surface area (Å²) in [6.45, 7) is 17.1. The van der Waals surface area contributed by atoms with Crippen LogP contribution in [0.15, 0.2) is 60.4 Å². The van der Waals surface area contributed by atoms with Crippen LogP contribution in [0.3, 0.4) is 0 Å². The molecule has 1 saturated heterocycles. The number of aryl methyl sites for hydroxylation is 2. The molecule has 33 heavy (non-hydrogen) atoms. The monoisotopic (exact) mass is 445 g/mol. The van der Waals surface area contributed by atoms with Crippen molar-refractivity contribution in [2.24, 2.45) is 0 Å². The third-order valence-electron chi connectivity index (χ3n) is 5.78. The molecule has 1 N–H and O–H groups in total. The molecule has 0 radical (unpaired) electrons. The highest BCUT2D eigenvalue weighted by atomic mass is 16.5. The summed E-state index contributed by atoms with van der Waals surface area (Å²) < 4.78 is 8.96. The first-order valence-corrected chi connectivity index (χ1v) is 11.3. The van der Waals surface area contributed by atoms with Crippen LogP contribution < -0.4 is 5.56 Å². The second kappa shape index (κ2) is 9.50. The quantitative estimate of drug-likeness (QED) is 0.552. The number of nitrogens with one attached hydrogen (secondary N) is 1. The van der Waals surface area contributed by atoms with Crippen LogP contribution in [0, 0.1) is 6.92 Å². The maximum Gasteiger partial charge on any atom is 0.271 e. The minimum absolute atomic E-state index is 0.129. The number of aromatic amines is 1. The Morgan fingerprint density at radius 3 is 2.48 bits per heavy atom. The standard InChI is InChI=1S/C26H31N5O2/c1-6-22-16-26(32)30(27-22)20(5)15-25(29-11-13-33-14-12-29)31-24(18(2)3)17-23(28-31)21-9-7-19(4)8-10-21/h7-10,15-17,27H,2,5-6,11-14H2,1,3-4H3/b25-15-. The molecule has 1 fully saturated rings. The third-order valence-corrected chi connectivity index (χ3v) is 5.78. The van der Waals surface area contributed by atoms with E-state index in [1.165, 1.54) is 10.2 Å². The van der Waals surface area contributed by atoms with Crippen molar-refractivity contribution in [1.82, 2.24) is 24.5 Å². The summed E-state index contributed by atoms with van der Waals surface area (Å²) in [5.41, 5.74) is 6.19. The molecule has 1 aliphatic heterocycles. The number of morpholine rings is 1. The number of benzene rings is 1. The van der Waals surface area contributed by atoms with E-state index in [2.05, 4.69) is 60.4 Å². The Labute approximate surface area is 194 Å². The Balaban J connectivity index is 1.83. The molecule has 0 saturated carbocycles. The van der Waals surface area contributed by atoms with Crippen molar-refractivity contribution < 1.29 is 4.74 Å². The van der Waals surface area contributed by atoms with Crippen LogP contribution in [0.5, 0.6) is 0 Å². The van der Waals surface area contributed by atoms with Gasteiger partial charge in [-0.15, -0.1) is 0 Å². The zero-order valence-corrected chi connectivity index (χ0v) is 19.6. The number of hydrogen-bond donors (Lipinski definition) is 1. The van der Waals surface area contributed by atoms with Gasteiger partial charge in [0.1, 0.15) is 5.82 Å². The zero-order chi connectivity index (χ0) is 23.5. The van der Waals surface area contributed by atoms with E-state index in [1.54, 1.807) is 6.07 Å². The van der Waals surface area contributed by atoms with Gasteiger partial charge in [-0.3, -0.25) is 9.89 Å². The number of aromatic nitrogens is 4. The van der Waals surface area contributed by atoms with Gasteiger partial charge in [0.05, 0.1) is 30.3 Å². The number of hydrogen-bond acceptors (Lipinski definition) is 4. The van der Waals surface area contributed by atoms with Crippen LogP contribution in [-0.2, 0) is 11.2 Å². The second-order valence-corrected chi connectivity index (χ2v) is 8.37. The van der Waals surface area contributed by atoms with Crippen LogP contribution in [-0.4, -0.2) is 50.8 Å². The molecular weight excluding hydrogens is 414 g/mol. The molecule has 7 nitrogen and oxygen atoms in total. The van der Waals surface area contributed by atoms with Gasteiger partial charge >= 0.3 is 0 Å². The molecule has 1 aromatic carbocycles. The molecule has 3 heterocycles. The summed E-state index contributed by atoms with van der Waals surface area (Å²) in [7, 11) is 0. The number of allylic oxidation sites excluding steroid dienone is 3. The molecule has 0 amide bonds. The Hall–Kier alpha value is -3.58. The average Bonchev–Trinajstić information content (AvgIpc) is 3.42. The van der Waals surface area contributed by atoms with Crippen molar-refractivity contribution in [2.75, 3.05) is 26.3 Å². The molecule has 0 spiro atoms. The molecule has 0 aliphatic carbocycles. The zero-order valence-electron chi connectivity index (χ0n) is 19.6. The fourth-order valence-corrected chi connectivity index (χ4v) is 3.86. The smallest absolute Gasteiger partial charge is 0.271 e. The van der Waals surface area contributed by atoms with E-state index in [9.17, 15) is 4.79 Å². The van der Waals surface area contributed by atoms with Gasteiger partial charge in [-0.25, -0.2) is 9.36 Å². The normalized spacial score (nSPS) is 14.5. The number of rotatable bonds is 7. The minimum atomic E-state index is -0.129. The molecule has 1 aliphatic rings. The molecule has 3 aromatic rings. The van der Waals surface area contributed by atoms with Crippen molar-refractivity contribution in [3.8, 4) is 11.3 Å². The Morgan fingerprint density at radius 2 is 1.88 bits per heavy atom. The van der Waals surface area contributed by atoms with E-state index in [1.807, 2.05) is 24.6 Å². The predicted molar refractivity (Wildman–Crippen MR) is 134 cm³/mol. The Bertz CT molecular complexity index is 1250. The van der Waals surface area contributed by atoms with Crippen molar-refractivity contribution in [2.45, 2.75) is 27.2 Å². The first-order chi connectivity index (χ1) is 15.9. The van der Waals surface area contributed by atoms with Crippen LogP contribution in [0.1, 0.15) is 30.8 Å². The van der Waals surface area contributed by atoms with Gasteiger partial charge < -0.3 is 9.64 Å². The molecule has 0 unspecified atom stereocenters. The maximum atomic E-state index is 12.5.